The Kier molecular flexibility index (Phi) is 5.65. The molecule has 0 saturated heterocycles. The van der Waals surface area contributed by atoms with Gasteiger partial charge in [0.25, 0.3) is 5.56 Å². The number of hydrogen-bond acceptors (Lipinski definition) is 7. The Balaban J connectivity index is 1.93. The predicted octanol–water partition coefficient (Wildman–Crippen LogP) is 3.99. The number of methoxy groups -OCH3 is 2. The average molecular weight is 431 g/mol. The summed E-state index contributed by atoms with van der Waals surface area (Å²) < 4.78 is 11.7. The van der Waals surface area contributed by atoms with E-state index in [-0.39, 0.29) is 11.5 Å². The number of aryl methyl sites for hydroxylation is 2. The van der Waals surface area contributed by atoms with Crippen molar-refractivity contribution < 1.29 is 14.3 Å². The van der Waals surface area contributed by atoms with E-state index in [0.29, 0.717) is 16.6 Å². The third-order valence-electron chi connectivity index (χ3n) is 5.10. The van der Waals surface area contributed by atoms with Crippen LogP contribution in [0.1, 0.15) is 30.2 Å². The van der Waals surface area contributed by atoms with Gasteiger partial charge in [0.1, 0.15) is 15.8 Å². The van der Waals surface area contributed by atoms with Gasteiger partial charge in [-0.2, -0.15) is 0 Å². The zero-order valence-corrected chi connectivity index (χ0v) is 18.2. The van der Waals surface area contributed by atoms with Gasteiger partial charge in [0.05, 0.1) is 25.3 Å². The summed E-state index contributed by atoms with van der Waals surface area (Å²) in [5.74, 6) is 0.358. The summed E-state index contributed by atoms with van der Waals surface area (Å²) >= 11 is 2.84. The molecule has 1 atom stereocenters. The second kappa shape index (κ2) is 8.20. The topological polar surface area (TPSA) is 70.4 Å². The maximum atomic E-state index is 13.6. The zero-order chi connectivity index (χ0) is 20.5. The van der Waals surface area contributed by atoms with Gasteiger partial charge in [-0.3, -0.25) is 14.2 Å². The minimum absolute atomic E-state index is 0.0841. The Bertz CT molecular complexity index is 1120. The highest BCUT2D eigenvalue weighted by atomic mass is 32.2. The molecule has 29 heavy (non-hydrogen) atoms. The molecule has 0 radical (unpaired) electrons. The molecule has 6 nitrogen and oxygen atoms in total. The highest BCUT2D eigenvalue weighted by Gasteiger charge is 2.25. The van der Waals surface area contributed by atoms with Crippen LogP contribution in [0.25, 0.3) is 15.9 Å². The molecule has 0 aliphatic heterocycles. The smallest absolute Gasteiger partial charge is 0.318 e. The molecule has 1 aliphatic carbocycles. The molecule has 2 heterocycles. The number of thioether (sulfide) groups is 1. The van der Waals surface area contributed by atoms with Gasteiger partial charge < -0.3 is 9.47 Å². The highest BCUT2D eigenvalue weighted by molar-refractivity contribution is 8.00. The normalized spacial score (nSPS) is 14.4. The van der Waals surface area contributed by atoms with Gasteiger partial charge in [-0.05, 0) is 62.4 Å². The van der Waals surface area contributed by atoms with E-state index in [0.717, 1.165) is 41.5 Å². The van der Waals surface area contributed by atoms with Crippen LogP contribution in [0.4, 0.5) is 0 Å². The number of carbonyl (C=O) groups excluding carboxylic acids is 1. The number of fused-ring (bicyclic) bond motifs is 3. The van der Waals surface area contributed by atoms with E-state index in [2.05, 4.69) is 0 Å². The number of ether oxygens (including phenoxy) is 2. The fraction of sp³-hybridized carbons (Fsp3) is 0.381. The van der Waals surface area contributed by atoms with E-state index in [1.54, 1.807) is 29.9 Å². The molecule has 0 N–H and O–H groups in total. The summed E-state index contributed by atoms with van der Waals surface area (Å²) in [6.07, 6.45) is 4.16. The van der Waals surface area contributed by atoms with Gasteiger partial charge in [-0.25, -0.2) is 4.98 Å². The molecular formula is C21H22N2O4S2. The fourth-order valence-corrected chi connectivity index (χ4v) is 5.85. The first-order chi connectivity index (χ1) is 14.0. The molecule has 4 rings (SSSR count). The quantitative estimate of drug-likeness (QED) is 0.346. The van der Waals surface area contributed by atoms with Crippen LogP contribution in [0.2, 0.25) is 0 Å². The summed E-state index contributed by atoms with van der Waals surface area (Å²) in [5.41, 5.74) is 1.76. The Morgan fingerprint density at radius 2 is 1.93 bits per heavy atom. The van der Waals surface area contributed by atoms with Crippen molar-refractivity contribution in [3.8, 4) is 11.4 Å². The van der Waals surface area contributed by atoms with Crippen LogP contribution in [-0.2, 0) is 22.4 Å². The van der Waals surface area contributed by atoms with Gasteiger partial charge in [0.15, 0.2) is 5.16 Å². The Hall–Kier alpha value is -2.32. The van der Waals surface area contributed by atoms with Crippen molar-refractivity contribution in [1.29, 1.82) is 0 Å². The van der Waals surface area contributed by atoms with Crippen molar-refractivity contribution >= 4 is 39.3 Å². The number of thiophene rings is 1. The van der Waals surface area contributed by atoms with Crippen LogP contribution in [0.15, 0.2) is 34.2 Å². The summed E-state index contributed by atoms with van der Waals surface area (Å²) in [7, 11) is 2.96. The Morgan fingerprint density at radius 1 is 1.21 bits per heavy atom. The molecule has 8 heteroatoms. The maximum Gasteiger partial charge on any atom is 0.318 e. The molecule has 1 aromatic carbocycles. The molecular weight excluding hydrogens is 408 g/mol. The molecule has 152 valence electrons. The number of benzene rings is 1. The molecule has 0 amide bonds. The van der Waals surface area contributed by atoms with Crippen LogP contribution >= 0.6 is 23.1 Å². The van der Waals surface area contributed by atoms with E-state index in [1.807, 2.05) is 24.3 Å². The van der Waals surface area contributed by atoms with Gasteiger partial charge in [0.2, 0.25) is 0 Å². The molecule has 3 aromatic rings. The van der Waals surface area contributed by atoms with E-state index in [1.165, 1.54) is 23.7 Å². The SMILES string of the molecule is COC(=O)C(C)Sc1nc2sc3c(c2c(=O)n1-c1ccc(OC)cc1)CCCC3. The van der Waals surface area contributed by atoms with Gasteiger partial charge in [0, 0.05) is 4.88 Å². The van der Waals surface area contributed by atoms with Crippen molar-refractivity contribution in [2.75, 3.05) is 14.2 Å². The molecule has 0 bridgehead atoms. The van der Waals surface area contributed by atoms with Crippen LogP contribution < -0.4 is 10.3 Å². The van der Waals surface area contributed by atoms with Crippen molar-refractivity contribution in [2.24, 2.45) is 0 Å². The first-order valence-corrected chi connectivity index (χ1v) is 11.2. The lowest BCUT2D eigenvalue weighted by molar-refractivity contribution is -0.139. The van der Waals surface area contributed by atoms with Crippen molar-refractivity contribution in [3.05, 3.63) is 45.1 Å². The lowest BCUT2D eigenvalue weighted by atomic mass is 9.97. The Labute approximate surface area is 176 Å². The van der Waals surface area contributed by atoms with Gasteiger partial charge in [-0.15, -0.1) is 11.3 Å². The lowest BCUT2D eigenvalue weighted by Gasteiger charge is -2.15. The summed E-state index contributed by atoms with van der Waals surface area (Å²) in [6.45, 7) is 1.75. The summed E-state index contributed by atoms with van der Waals surface area (Å²) in [6, 6.07) is 7.29. The molecule has 0 saturated carbocycles. The standard InChI is InChI=1S/C21H22N2O4S2/c1-12(20(25)27-3)28-21-22-18-17(15-6-4-5-7-16(15)29-18)19(24)23(21)13-8-10-14(26-2)11-9-13/h8-12H,4-7H2,1-3H3. The van der Waals surface area contributed by atoms with E-state index in [9.17, 15) is 9.59 Å². The van der Waals surface area contributed by atoms with Crippen molar-refractivity contribution in [3.63, 3.8) is 0 Å². The number of nitrogens with zero attached hydrogens (tertiary/aromatic N) is 2. The van der Waals surface area contributed by atoms with E-state index < -0.39 is 5.25 Å². The van der Waals surface area contributed by atoms with Crippen LogP contribution in [0, 0.1) is 0 Å². The third kappa shape index (κ3) is 3.67. The predicted molar refractivity (Wildman–Crippen MR) is 116 cm³/mol. The maximum absolute atomic E-state index is 13.6. The van der Waals surface area contributed by atoms with Gasteiger partial charge in [-0.1, -0.05) is 11.8 Å². The van der Waals surface area contributed by atoms with Crippen LogP contribution in [-0.4, -0.2) is 35.0 Å². The molecule has 2 aromatic heterocycles. The number of rotatable bonds is 5. The monoisotopic (exact) mass is 430 g/mol. The highest BCUT2D eigenvalue weighted by Crippen LogP contribution is 2.36. The minimum atomic E-state index is -0.483. The second-order valence-corrected chi connectivity index (χ2v) is 9.30. The van der Waals surface area contributed by atoms with Crippen molar-refractivity contribution in [1.82, 2.24) is 9.55 Å². The van der Waals surface area contributed by atoms with Gasteiger partial charge >= 0.3 is 5.97 Å². The molecule has 1 aliphatic rings. The van der Waals surface area contributed by atoms with Crippen LogP contribution in [0.3, 0.4) is 0 Å². The number of aromatic nitrogens is 2. The first kappa shape index (κ1) is 20.0. The average Bonchev–Trinajstić information content (AvgIpc) is 3.12. The number of hydrogen-bond donors (Lipinski definition) is 0. The lowest BCUT2D eigenvalue weighted by Crippen LogP contribution is -2.24. The first-order valence-electron chi connectivity index (χ1n) is 9.49. The Morgan fingerprint density at radius 3 is 2.62 bits per heavy atom. The molecule has 0 spiro atoms. The molecule has 1 unspecified atom stereocenters. The number of esters is 1. The van der Waals surface area contributed by atoms with E-state index >= 15 is 0 Å². The number of carbonyl (C=O) groups is 1. The molecule has 0 fully saturated rings. The van der Waals surface area contributed by atoms with Crippen molar-refractivity contribution in [2.45, 2.75) is 43.0 Å². The van der Waals surface area contributed by atoms with E-state index in [4.69, 9.17) is 14.5 Å². The summed E-state index contributed by atoms with van der Waals surface area (Å²) in [4.78, 5) is 32.5. The third-order valence-corrected chi connectivity index (χ3v) is 7.32. The zero-order valence-electron chi connectivity index (χ0n) is 16.6. The fourth-order valence-electron chi connectivity index (χ4n) is 3.60. The second-order valence-electron chi connectivity index (χ2n) is 6.91. The minimum Gasteiger partial charge on any atom is -0.497 e. The largest absolute Gasteiger partial charge is 0.497 e. The summed E-state index contributed by atoms with van der Waals surface area (Å²) in [5, 5.41) is 0.725. The van der Waals surface area contributed by atoms with Crippen LogP contribution in [0.5, 0.6) is 5.75 Å².